The van der Waals surface area contributed by atoms with Crippen molar-refractivity contribution < 1.29 is 15.0 Å². The van der Waals surface area contributed by atoms with Gasteiger partial charge in [-0.3, -0.25) is 4.79 Å². The van der Waals surface area contributed by atoms with E-state index in [0.717, 1.165) is 25.7 Å². The molecule has 0 aromatic heterocycles. The fraction of sp³-hybridized carbons (Fsp3) is 0.960. The second-order valence-corrected chi connectivity index (χ2v) is 8.73. The van der Waals surface area contributed by atoms with Crippen molar-refractivity contribution in [2.75, 3.05) is 19.7 Å². The average molecular weight is 414 g/mol. The smallest absolute Gasteiger partial charge is 0.222 e. The van der Waals surface area contributed by atoms with Crippen LogP contribution in [0.15, 0.2) is 0 Å². The molecule has 0 bridgehead atoms. The Balaban J connectivity index is 3.90. The first kappa shape index (κ1) is 28.4. The van der Waals surface area contributed by atoms with E-state index < -0.39 is 6.10 Å². The molecule has 1 unspecified atom stereocenters. The molecule has 29 heavy (non-hydrogen) atoms. The lowest BCUT2D eigenvalue weighted by Gasteiger charge is -2.25. The number of rotatable bonds is 22. The molecule has 0 spiro atoms. The summed E-state index contributed by atoms with van der Waals surface area (Å²) in [5, 5.41) is 18.9. The van der Waals surface area contributed by atoms with Gasteiger partial charge in [0.1, 0.15) is 0 Å². The molecule has 0 aliphatic heterocycles. The van der Waals surface area contributed by atoms with Crippen LogP contribution in [-0.2, 0) is 4.79 Å². The summed E-state index contributed by atoms with van der Waals surface area (Å²) in [6.45, 7) is 5.18. The van der Waals surface area contributed by atoms with Crippen molar-refractivity contribution in [2.24, 2.45) is 0 Å². The fourth-order valence-corrected chi connectivity index (χ4v) is 3.81. The summed E-state index contributed by atoms with van der Waals surface area (Å²) in [7, 11) is 0. The summed E-state index contributed by atoms with van der Waals surface area (Å²) in [6, 6.07) is 0. The van der Waals surface area contributed by atoms with Gasteiger partial charge in [0.05, 0.1) is 12.7 Å². The first-order valence-corrected chi connectivity index (χ1v) is 12.7. The zero-order chi connectivity index (χ0) is 21.6. The lowest BCUT2D eigenvalue weighted by Crippen LogP contribution is -2.39. The third-order valence-electron chi connectivity index (χ3n) is 5.77. The van der Waals surface area contributed by atoms with E-state index in [1.807, 2.05) is 0 Å². The van der Waals surface area contributed by atoms with Gasteiger partial charge in [-0.2, -0.15) is 0 Å². The average Bonchev–Trinajstić information content (AvgIpc) is 2.73. The van der Waals surface area contributed by atoms with Crippen molar-refractivity contribution in [3.05, 3.63) is 0 Å². The van der Waals surface area contributed by atoms with Crippen molar-refractivity contribution in [3.63, 3.8) is 0 Å². The molecule has 0 heterocycles. The van der Waals surface area contributed by atoms with Crippen LogP contribution < -0.4 is 0 Å². The number of hydrogen-bond donors (Lipinski definition) is 2. The number of aliphatic hydroxyl groups excluding tert-OH is 2. The highest BCUT2D eigenvalue weighted by atomic mass is 16.3. The van der Waals surface area contributed by atoms with Gasteiger partial charge in [-0.05, 0) is 12.8 Å². The first-order valence-electron chi connectivity index (χ1n) is 12.7. The van der Waals surface area contributed by atoms with Crippen molar-refractivity contribution in [1.82, 2.24) is 4.90 Å². The predicted molar refractivity (Wildman–Crippen MR) is 124 cm³/mol. The topological polar surface area (TPSA) is 60.8 Å². The van der Waals surface area contributed by atoms with Crippen molar-refractivity contribution >= 4 is 5.91 Å². The summed E-state index contributed by atoms with van der Waals surface area (Å²) >= 11 is 0. The number of carbonyl (C=O) groups is 1. The summed E-state index contributed by atoms with van der Waals surface area (Å²) in [4.78, 5) is 14.4. The van der Waals surface area contributed by atoms with Crippen molar-refractivity contribution in [3.8, 4) is 0 Å². The minimum atomic E-state index is -0.823. The Hall–Kier alpha value is -0.610. The minimum absolute atomic E-state index is 0.142. The van der Waals surface area contributed by atoms with Crippen molar-refractivity contribution in [1.29, 1.82) is 0 Å². The molecule has 1 amide bonds. The molecular weight excluding hydrogens is 362 g/mol. The number of amides is 1. The molecular formula is C25H51NO3. The SMILES string of the molecule is CCCCCCCCCCCC(=O)N(CCCCCCCCCC)CC(O)CO. The summed E-state index contributed by atoms with van der Waals surface area (Å²) in [5.41, 5.74) is 0. The molecule has 4 nitrogen and oxygen atoms in total. The van der Waals surface area contributed by atoms with Gasteiger partial charge in [0, 0.05) is 19.5 Å². The summed E-state index contributed by atoms with van der Waals surface area (Å²) in [5.74, 6) is 0.142. The molecule has 0 aliphatic rings. The normalized spacial score (nSPS) is 12.3. The van der Waals surface area contributed by atoms with Crippen LogP contribution in [0.2, 0.25) is 0 Å². The number of nitrogens with zero attached hydrogens (tertiary/aromatic N) is 1. The highest BCUT2D eigenvalue weighted by Crippen LogP contribution is 2.13. The molecule has 0 radical (unpaired) electrons. The Morgan fingerprint density at radius 1 is 0.690 bits per heavy atom. The maximum atomic E-state index is 12.6. The standard InChI is InChI=1S/C25H51NO3/c1-3-5-7-9-11-13-14-16-18-20-25(29)26(22-24(28)23-27)21-19-17-15-12-10-8-6-4-2/h24,27-28H,3-23H2,1-2H3. The maximum Gasteiger partial charge on any atom is 0.222 e. The van der Waals surface area contributed by atoms with Gasteiger partial charge in [-0.15, -0.1) is 0 Å². The third-order valence-corrected chi connectivity index (χ3v) is 5.77. The van der Waals surface area contributed by atoms with Gasteiger partial charge in [0.15, 0.2) is 0 Å². The zero-order valence-corrected chi connectivity index (χ0v) is 19.7. The number of aliphatic hydroxyl groups is 2. The molecule has 4 heteroatoms. The molecule has 1 atom stereocenters. The largest absolute Gasteiger partial charge is 0.394 e. The van der Waals surface area contributed by atoms with E-state index in [1.54, 1.807) is 4.90 Å². The highest BCUT2D eigenvalue weighted by molar-refractivity contribution is 5.76. The highest BCUT2D eigenvalue weighted by Gasteiger charge is 2.16. The number of carbonyl (C=O) groups excluding carboxylic acids is 1. The lowest BCUT2D eigenvalue weighted by atomic mass is 10.1. The van der Waals surface area contributed by atoms with E-state index in [9.17, 15) is 9.90 Å². The molecule has 174 valence electrons. The Kier molecular flexibility index (Phi) is 21.6. The quantitative estimate of drug-likeness (QED) is 0.207. The van der Waals surface area contributed by atoms with Crippen LogP contribution in [0.1, 0.15) is 129 Å². The van der Waals surface area contributed by atoms with E-state index in [1.165, 1.54) is 83.5 Å². The third kappa shape index (κ3) is 19.1. The summed E-state index contributed by atoms with van der Waals surface area (Å²) in [6.07, 6.45) is 20.9. The molecule has 0 aliphatic carbocycles. The van der Waals surface area contributed by atoms with E-state index >= 15 is 0 Å². The monoisotopic (exact) mass is 413 g/mol. The van der Waals surface area contributed by atoms with Crippen LogP contribution >= 0.6 is 0 Å². The van der Waals surface area contributed by atoms with Gasteiger partial charge in [0.25, 0.3) is 0 Å². The van der Waals surface area contributed by atoms with Crippen LogP contribution in [0.3, 0.4) is 0 Å². The Labute approximate surface area is 181 Å². The van der Waals surface area contributed by atoms with E-state index in [4.69, 9.17) is 5.11 Å². The van der Waals surface area contributed by atoms with Crippen molar-refractivity contribution in [2.45, 2.75) is 136 Å². The second kappa shape index (κ2) is 22.1. The van der Waals surface area contributed by atoms with Gasteiger partial charge in [0.2, 0.25) is 5.91 Å². The van der Waals surface area contributed by atoms with Gasteiger partial charge < -0.3 is 15.1 Å². The predicted octanol–water partition coefficient (Wildman–Crippen LogP) is 6.23. The summed E-state index contributed by atoms with van der Waals surface area (Å²) < 4.78 is 0. The van der Waals surface area contributed by atoms with Crippen LogP contribution in [-0.4, -0.2) is 46.8 Å². The molecule has 0 rings (SSSR count). The van der Waals surface area contributed by atoms with Crippen LogP contribution in [0.5, 0.6) is 0 Å². The van der Waals surface area contributed by atoms with E-state index in [-0.39, 0.29) is 19.1 Å². The lowest BCUT2D eigenvalue weighted by molar-refractivity contribution is -0.133. The van der Waals surface area contributed by atoms with Crippen LogP contribution in [0.25, 0.3) is 0 Å². The van der Waals surface area contributed by atoms with Crippen LogP contribution in [0, 0.1) is 0 Å². The van der Waals surface area contributed by atoms with Gasteiger partial charge in [-0.25, -0.2) is 0 Å². The number of hydrogen-bond acceptors (Lipinski definition) is 3. The van der Waals surface area contributed by atoms with Crippen LogP contribution in [0.4, 0.5) is 0 Å². The minimum Gasteiger partial charge on any atom is -0.394 e. The second-order valence-electron chi connectivity index (χ2n) is 8.73. The fourth-order valence-electron chi connectivity index (χ4n) is 3.81. The molecule has 0 fully saturated rings. The Morgan fingerprint density at radius 2 is 1.10 bits per heavy atom. The van der Waals surface area contributed by atoms with E-state index in [2.05, 4.69) is 13.8 Å². The Bertz CT molecular complexity index is 349. The maximum absolute atomic E-state index is 12.6. The van der Waals surface area contributed by atoms with Gasteiger partial charge >= 0.3 is 0 Å². The first-order chi connectivity index (χ1) is 14.2. The Morgan fingerprint density at radius 3 is 1.55 bits per heavy atom. The van der Waals surface area contributed by atoms with E-state index in [0.29, 0.717) is 13.0 Å². The molecule has 2 N–H and O–H groups in total. The molecule has 0 saturated carbocycles. The molecule has 0 aromatic carbocycles. The van der Waals surface area contributed by atoms with Gasteiger partial charge in [-0.1, -0.05) is 110 Å². The number of unbranched alkanes of at least 4 members (excludes halogenated alkanes) is 15. The molecule has 0 aromatic rings. The zero-order valence-electron chi connectivity index (χ0n) is 19.7. The molecule has 0 saturated heterocycles.